The predicted molar refractivity (Wildman–Crippen MR) is 83.4 cm³/mol. The fourth-order valence-corrected chi connectivity index (χ4v) is 2.60. The number of amides is 2. The lowest BCUT2D eigenvalue weighted by molar-refractivity contribution is -0.274. The van der Waals surface area contributed by atoms with Gasteiger partial charge in [-0.3, -0.25) is 14.9 Å². The van der Waals surface area contributed by atoms with Crippen LogP contribution in [0.1, 0.15) is 32.8 Å². The molecule has 0 aromatic heterocycles. The minimum absolute atomic E-state index is 0.0185. The molecular formula is C16H20F3N3O3. The molecule has 1 saturated heterocycles. The molecule has 1 aliphatic heterocycles. The van der Waals surface area contributed by atoms with Crippen LogP contribution in [0.2, 0.25) is 0 Å². The molecule has 0 bridgehead atoms. The van der Waals surface area contributed by atoms with Gasteiger partial charge in [-0.15, -0.1) is 13.2 Å². The predicted octanol–water partition coefficient (Wildman–Crippen LogP) is 1.76. The third kappa shape index (κ3) is 5.35. The average Bonchev–Trinajstić information content (AvgIpc) is 2.44. The molecule has 0 saturated carbocycles. The maximum Gasteiger partial charge on any atom is 0.573 e. The topological polar surface area (TPSA) is 79.5 Å². The normalized spacial score (nSPS) is 21.4. The number of ether oxygens (including phenoxy) is 1. The number of hydrogen-bond acceptors (Lipinski definition) is 4. The van der Waals surface area contributed by atoms with Gasteiger partial charge < -0.3 is 15.4 Å². The number of benzene rings is 1. The van der Waals surface area contributed by atoms with E-state index in [4.69, 9.17) is 0 Å². The highest BCUT2D eigenvalue weighted by molar-refractivity contribution is 5.90. The van der Waals surface area contributed by atoms with Crippen molar-refractivity contribution in [3.8, 4) is 5.75 Å². The van der Waals surface area contributed by atoms with Crippen LogP contribution in [0.25, 0.3) is 0 Å². The fourth-order valence-electron chi connectivity index (χ4n) is 2.60. The third-order valence-electron chi connectivity index (χ3n) is 3.78. The van der Waals surface area contributed by atoms with Gasteiger partial charge >= 0.3 is 6.36 Å². The lowest BCUT2D eigenvalue weighted by Gasteiger charge is -2.33. The molecule has 2 rings (SSSR count). The van der Waals surface area contributed by atoms with Crippen LogP contribution >= 0.6 is 0 Å². The summed E-state index contributed by atoms with van der Waals surface area (Å²) in [5.74, 6) is -0.919. The summed E-state index contributed by atoms with van der Waals surface area (Å²) in [6.07, 6.45) is -5.06. The number of halogens is 3. The Balaban J connectivity index is 2.05. The highest BCUT2D eigenvalue weighted by atomic mass is 19.4. The molecule has 1 aromatic carbocycles. The van der Waals surface area contributed by atoms with Gasteiger partial charge in [-0.1, -0.05) is 12.1 Å². The van der Waals surface area contributed by atoms with E-state index in [1.54, 1.807) is 20.8 Å². The summed E-state index contributed by atoms with van der Waals surface area (Å²) in [7, 11) is 0. The maximum absolute atomic E-state index is 12.4. The minimum atomic E-state index is -4.75. The van der Waals surface area contributed by atoms with Gasteiger partial charge in [0.2, 0.25) is 11.8 Å². The van der Waals surface area contributed by atoms with Crippen molar-refractivity contribution in [3.63, 3.8) is 0 Å². The van der Waals surface area contributed by atoms with Crippen LogP contribution < -0.4 is 20.7 Å². The summed E-state index contributed by atoms with van der Waals surface area (Å²) in [5, 5.41) is 8.42. The van der Waals surface area contributed by atoms with Gasteiger partial charge in [-0.05, 0) is 38.5 Å². The van der Waals surface area contributed by atoms with Crippen LogP contribution in [0.4, 0.5) is 13.2 Å². The van der Waals surface area contributed by atoms with Gasteiger partial charge in [0, 0.05) is 0 Å². The summed E-state index contributed by atoms with van der Waals surface area (Å²) in [6, 6.07) is 4.60. The van der Waals surface area contributed by atoms with Gasteiger partial charge in [0.25, 0.3) is 0 Å². The largest absolute Gasteiger partial charge is 0.573 e. The molecule has 0 radical (unpaired) electrons. The average molecular weight is 359 g/mol. The Morgan fingerprint density at radius 3 is 2.36 bits per heavy atom. The first kappa shape index (κ1) is 19.0. The zero-order chi connectivity index (χ0) is 18.8. The summed E-state index contributed by atoms with van der Waals surface area (Å²) in [4.78, 5) is 23.9. The summed E-state index contributed by atoms with van der Waals surface area (Å²) < 4.78 is 40.4. The molecule has 1 aliphatic rings. The molecule has 6 nitrogen and oxygen atoms in total. The van der Waals surface area contributed by atoms with E-state index in [1.165, 1.54) is 24.3 Å². The van der Waals surface area contributed by atoms with E-state index in [-0.39, 0.29) is 30.2 Å². The first-order valence-electron chi connectivity index (χ1n) is 7.70. The van der Waals surface area contributed by atoms with Gasteiger partial charge in [-0.25, -0.2) is 0 Å². The molecule has 25 heavy (non-hydrogen) atoms. The Labute approximate surface area is 143 Å². The van der Waals surface area contributed by atoms with Crippen molar-refractivity contribution in [1.82, 2.24) is 16.0 Å². The number of carbonyl (C=O) groups is 2. The zero-order valence-electron chi connectivity index (χ0n) is 14.0. The van der Waals surface area contributed by atoms with Crippen LogP contribution in [0.15, 0.2) is 24.3 Å². The molecular weight excluding hydrogens is 339 g/mol. The Kier molecular flexibility index (Phi) is 5.26. The third-order valence-corrected chi connectivity index (χ3v) is 3.78. The lowest BCUT2D eigenvalue weighted by atomic mass is 9.93. The van der Waals surface area contributed by atoms with E-state index in [1.807, 2.05) is 0 Å². The molecule has 138 valence electrons. The van der Waals surface area contributed by atoms with Crippen molar-refractivity contribution in [2.45, 2.75) is 51.3 Å². The molecule has 0 spiro atoms. The number of rotatable bonds is 4. The van der Waals surface area contributed by atoms with Crippen molar-refractivity contribution in [3.05, 3.63) is 29.8 Å². The van der Waals surface area contributed by atoms with E-state index in [0.717, 1.165) is 0 Å². The second-order valence-electron chi connectivity index (χ2n) is 6.40. The Bertz CT molecular complexity index is 644. The Hall–Kier alpha value is -2.29. The Morgan fingerprint density at radius 1 is 1.24 bits per heavy atom. The molecule has 1 fully saturated rings. The molecule has 1 heterocycles. The summed E-state index contributed by atoms with van der Waals surface area (Å²) >= 11 is 0. The number of alkyl halides is 3. The zero-order valence-corrected chi connectivity index (χ0v) is 14.0. The van der Waals surface area contributed by atoms with E-state index < -0.39 is 17.9 Å². The van der Waals surface area contributed by atoms with E-state index in [2.05, 4.69) is 20.7 Å². The van der Waals surface area contributed by atoms with E-state index >= 15 is 0 Å². The van der Waals surface area contributed by atoms with Gasteiger partial charge in [0.1, 0.15) is 5.75 Å². The van der Waals surface area contributed by atoms with Crippen molar-refractivity contribution in [2.24, 2.45) is 0 Å². The number of hydrogen-bond donors (Lipinski definition) is 3. The first-order chi connectivity index (χ1) is 11.5. The van der Waals surface area contributed by atoms with Crippen LogP contribution in [-0.2, 0) is 15.1 Å². The molecule has 2 atom stereocenters. The van der Waals surface area contributed by atoms with E-state index in [9.17, 15) is 22.8 Å². The molecule has 2 amide bonds. The molecule has 3 N–H and O–H groups in total. The maximum atomic E-state index is 12.4. The molecule has 1 aromatic rings. The molecule has 2 unspecified atom stereocenters. The number of nitrogens with one attached hydrogen (secondary N) is 3. The second-order valence-corrected chi connectivity index (χ2v) is 6.40. The van der Waals surface area contributed by atoms with E-state index in [0.29, 0.717) is 5.56 Å². The van der Waals surface area contributed by atoms with Crippen LogP contribution in [0.5, 0.6) is 5.75 Å². The standard InChI is InChI=1S/C16H20F3N3O3/c1-9-20-12(8-13(23)21-9)14(24)22-15(2,3)10-4-6-11(7-5-10)25-16(17,18)19/h4-7,9,12,20H,8H2,1-3H3,(H,21,23)(H,22,24). The summed E-state index contributed by atoms with van der Waals surface area (Å²) in [6.45, 7) is 5.16. The van der Waals surface area contributed by atoms with Gasteiger partial charge in [0.05, 0.1) is 24.2 Å². The van der Waals surface area contributed by atoms with Crippen molar-refractivity contribution in [2.75, 3.05) is 0 Å². The fraction of sp³-hybridized carbons (Fsp3) is 0.500. The van der Waals surface area contributed by atoms with Crippen molar-refractivity contribution < 1.29 is 27.5 Å². The number of carbonyl (C=O) groups excluding carboxylic acids is 2. The second kappa shape index (κ2) is 6.91. The molecule has 0 aliphatic carbocycles. The van der Waals surface area contributed by atoms with Gasteiger partial charge in [-0.2, -0.15) is 0 Å². The smallest absolute Gasteiger partial charge is 0.406 e. The highest BCUT2D eigenvalue weighted by Crippen LogP contribution is 2.26. The van der Waals surface area contributed by atoms with Crippen LogP contribution in [0.3, 0.4) is 0 Å². The quantitative estimate of drug-likeness (QED) is 0.765. The summed E-state index contributed by atoms with van der Waals surface area (Å²) in [5.41, 5.74) is -0.240. The first-order valence-corrected chi connectivity index (χ1v) is 7.70. The van der Waals surface area contributed by atoms with Crippen molar-refractivity contribution in [1.29, 1.82) is 0 Å². The van der Waals surface area contributed by atoms with Crippen molar-refractivity contribution >= 4 is 11.8 Å². The minimum Gasteiger partial charge on any atom is -0.406 e. The van der Waals surface area contributed by atoms with Gasteiger partial charge in [0.15, 0.2) is 0 Å². The highest BCUT2D eigenvalue weighted by Gasteiger charge is 2.33. The Morgan fingerprint density at radius 2 is 1.84 bits per heavy atom. The SMILES string of the molecule is CC1NC(=O)CC(C(=O)NC(C)(C)c2ccc(OC(F)(F)F)cc2)N1. The lowest BCUT2D eigenvalue weighted by Crippen LogP contribution is -2.61. The monoisotopic (exact) mass is 359 g/mol. The van der Waals surface area contributed by atoms with Crippen LogP contribution in [-0.4, -0.2) is 30.4 Å². The van der Waals surface area contributed by atoms with Crippen LogP contribution in [0, 0.1) is 0 Å². The molecule has 9 heteroatoms.